The minimum Gasteiger partial charge on any atom is -0.313 e. The van der Waals surface area contributed by atoms with Gasteiger partial charge in [-0.2, -0.15) is 0 Å². The first-order valence-electron chi connectivity index (χ1n) is 6.40. The number of rotatable bonds is 6. The molecule has 0 fully saturated rings. The Hall–Kier alpha value is -1.24. The molecule has 0 radical (unpaired) electrons. The van der Waals surface area contributed by atoms with Gasteiger partial charge in [0.05, 0.1) is 0 Å². The molecule has 7 heteroatoms. The lowest BCUT2D eigenvalue weighted by molar-refractivity contribution is 0.669. The van der Waals surface area contributed by atoms with Gasteiger partial charge in [-0.25, -0.2) is 9.89 Å². The summed E-state index contributed by atoms with van der Waals surface area (Å²) in [4.78, 5) is 12.4. The van der Waals surface area contributed by atoms with Crippen LogP contribution in [-0.4, -0.2) is 21.3 Å². The van der Waals surface area contributed by atoms with E-state index in [-0.39, 0.29) is 5.69 Å². The summed E-state index contributed by atoms with van der Waals surface area (Å²) in [5.41, 5.74) is 0.920. The molecule has 0 aliphatic rings. The molecule has 0 spiro atoms. The quantitative estimate of drug-likeness (QED) is 0.804. The molecule has 0 saturated carbocycles. The smallest absolute Gasteiger partial charge is 0.313 e. The lowest BCUT2D eigenvalue weighted by Gasteiger charge is -2.10. The molecule has 2 aromatic rings. The van der Waals surface area contributed by atoms with E-state index < -0.39 is 0 Å². The molecule has 0 atom stereocenters. The molecule has 0 aliphatic heterocycles. The van der Waals surface area contributed by atoms with Crippen molar-refractivity contribution >= 4 is 23.4 Å². The lowest BCUT2D eigenvalue weighted by Crippen LogP contribution is -2.14. The first kappa shape index (κ1) is 15.2. The first-order valence-corrected chi connectivity index (χ1v) is 7.59. The van der Waals surface area contributed by atoms with Crippen LogP contribution in [0.25, 0.3) is 0 Å². The van der Waals surface area contributed by atoms with Gasteiger partial charge < -0.3 is 5.32 Å². The van der Waals surface area contributed by atoms with Crippen molar-refractivity contribution in [1.29, 1.82) is 0 Å². The fraction of sp³-hybridized carbons (Fsp3) is 0.385. The zero-order valence-electron chi connectivity index (χ0n) is 11.4. The third-order valence-corrected chi connectivity index (χ3v) is 4.19. The predicted octanol–water partition coefficient (Wildman–Crippen LogP) is 2.41. The standard InChI is InChI=1S/C13H17ClN4OS/c1-3-6-15-8-9-4-5-10(14)7-11(9)20-13-17-16-12(19)18(13)2/h4-5,7,15H,3,6,8H2,1-2H3,(H,16,19). The van der Waals surface area contributed by atoms with E-state index in [0.29, 0.717) is 10.2 Å². The van der Waals surface area contributed by atoms with Crippen LogP contribution in [0.1, 0.15) is 18.9 Å². The van der Waals surface area contributed by atoms with Gasteiger partial charge in [-0.15, -0.1) is 5.10 Å². The van der Waals surface area contributed by atoms with E-state index in [0.717, 1.165) is 30.0 Å². The number of nitrogens with one attached hydrogen (secondary N) is 2. The van der Waals surface area contributed by atoms with Gasteiger partial charge in [0.1, 0.15) is 0 Å². The summed E-state index contributed by atoms with van der Waals surface area (Å²) >= 11 is 7.49. The number of hydrogen-bond donors (Lipinski definition) is 2. The van der Waals surface area contributed by atoms with Crippen LogP contribution in [0.5, 0.6) is 0 Å². The normalized spacial score (nSPS) is 10.9. The van der Waals surface area contributed by atoms with Crippen molar-refractivity contribution in [2.24, 2.45) is 7.05 Å². The van der Waals surface area contributed by atoms with E-state index in [2.05, 4.69) is 22.4 Å². The molecule has 1 heterocycles. The average Bonchev–Trinajstić information content (AvgIpc) is 2.73. The Balaban J connectivity index is 2.22. The van der Waals surface area contributed by atoms with Crippen LogP contribution in [0.3, 0.4) is 0 Å². The minimum absolute atomic E-state index is 0.222. The van der Waals surface area contributed by atoms with Gasteiger partial charge in [-0.05, 0) is 42.4 Å². The summed E-state index contributed by atoms with van der Waals surface area (Å²) in [6.45, 7) is 3.86. The fourth-order valence-electron chi connectivity index (χ4n) is 1.69. The Morgan fingerprint density at radius 3 is 2.95 bits per heavy atom. The molecular formula is C13H17ClN4OS. The van der Waals surface area contributed by atoms with Crippen LogP contribution in [0.4, 0.5) is 0 Å². The highest BCUT2D eigenvalue weighted by molar-refractivity contribution is 7.99. The molecule has 20 heavy (non-hydrogen) atoms. The molecule has 0 amide bonds. The van der Waals surface area contributed by atoms with Crippen LogP contribution in [0.15, 0.2) is 33.0 Å². The molecule has 1 aromatic heterocycles. The maximum Gasteiger partial charge on any atom is 0.343 e. The Labute approximate surface area is 126 Å². The van der Waals surface area contributed by atoms with Crippen LogP contribution in [0.2, 0.25) is 5.02 Å². The maximum absolute atomic E-state index is 11.4. The Kier molecular flexibility index (Phi) is 5.28. The van der Waals surface area contributed by atoms with Gasteiger partial charge in [-0.1, -0.05) is 24.6 Å². The van der Waals surface area contributed by atoms with Crippen LogP contribution in [0, 0.1) is 0 Å². The van der Waals surface area contributed by atoms with Crippen molar-refractivity contribution in [2.75, 3.05) is 6.54 Å². The topological polar surface area (TPSA) is 62.7 Å². The number of benzene rings is 1. The lowest BCUT2D eigenvalue weighted by atomic mass is 10.2. The Morgan fingerprint density at radius 1 is 1.50 bits per heavy atom. The number of nitrogens with zero attached hydrogens (tertiary/aromatic N) is 2. The summed E-state index contributed by atoms with van der Waals surface area (Å²) in [6, 6.07) is 5.77. The highest BCUT2D eigenvalue weighted by Crippen LogP contribution is 2.30. The summed E-state index contributed by atoms with van der Waals surface area (Å²) in [5.74, 6) is 0. The third kappa shape index (κ3) is 3.65. The number of aromatic amines is 1. The first-order chi connectivity index (χ1) is 9.61. The van der Waals surface area contributed by atoms with Gasteiger partial charge in [-0.3, -0.25) is 4.57 Å². The van der Waals surface area contributed by atoms with Gasteiger partial charge in [0, 0.05) is 23.5 Å². The third-order valence-electron chi connectivity index (χ3n) is 2.81. The zero-order valence-corrected chi connectivity index (χ0v) is 13.0. The van der Waals surface area contributed by atoms with Gasteiger partial charge in [0.25, 0.3) is 0 Å². The number of aromatic nitrogens is 3. The molecule has 0 bridgehead atoms. The van der Waals surface area contributed by atoms with E-state index in [9.17, 15) is 4.79 Å². The molecule has 5 nitrogen and oxygen atoms in total. The molecular weight excluding hydrogens is 296 g/mol. The van der Waals surface area contributed by atoms with Crippen LogP contribution >= 0.6 is 23.4 Å². The predicted molar refractivity (Wildman–Crippen MR) is 81.4 cm³/mol. The summed E-state index contributed by atoms with van der Waals surface area (Å²) < 4.78 is 1.48. The molecule has 2 rings (SSSR count). The van der Waals surface area contributed by atoms with Crippen molar-refractivity contribution in [3.8, 4) is 0 Å². The maximum atomic E-state index is 11.4. The van der Waals surface area contributed by atoms with Crippen molar-refractivity contribution in [3.63, 3.8) is 0 Å². The Bertz CT molecular complexity index is 638. The van der Waals surface area contributed by atoms with Crippen molar-refractivity contribution in [1.82, 2.24) is 20.1 Å². The number of halogens is 1. The van der Waals surface area contributed by atoms with Gasteiger partial charge in [0.2, 0.25) is 0 Å². The van der Waals surface area contributed by atoms with Gasteiger partial charge in [0.15, 0.2) is 5.16 Å². The minimum atomic E-state index is -0.222. The summed E-state index contributed by atoms with van der Waals surface area (Å²) in [7, 11) is 1.69. The Morgan fingerprint density at radius 2 is 2.30 bits per heavy atom. The second kappa shape index (κ2) is 6.97. The van der Waals surface area contributed by atoms with Crippen molar-refractivity contribution < 1.29 is 0 Å². The number of H-pyrrole nitrogens is 1. The fourth-order valence-corrected chi connectivity index (χ4v) is 2.89. The average molecular weight is 313 g/mol. The summed E-state index contributed by atoms with van der Waals surface area (Å²) in [6.07, 6.45) is 1.09. The van der Waals surface area contributed by atoms with E-state index in [1.165, 1.54) is 16.3 Å². The molecule has 2 N–H and O–H groups in total. The van der Waals surface area contributed by atoms with Crippen molar-refractivity contribution in [3.05, 3.63) is 39.3 Å². The summed E-state index contributed by atoms with van der Waals surface area (Å²) in [5, 5.41) is 11.1. The molecule has 108 valence electrons. The van der Waals surface area contributed by atoms with E-state index >= 15 is 0 Å². The van der Waals surface area contributed by atoms with Crippen molar-refractivity contribution in [2.45, 2.75) is 29.9 Å². The molecule has 0 aliphatic carbocycles. The second-order valence-electron chi connectivity index (χ2n) is 4.40. The monoisotopic (exact) mass is 312 g/mol. The molecule has 0 saturated heterocycles. The zero-order chi connectivity index (χ0) is 14.5. The largest absolute Gasteiger partial charge is 0.343 e. The highest BCUT2D eigenvalue weighted by Gasteiger charge is 2.10. The van der Waals surface area contributed by atoms with E-state index in [1.807, 2.05) is 18.2 Å². The SMILES string of the molecule is CCCNCc1ccc(Cl)cc1Sc1n[nH]c(=O)n1C. The molecule has 0 unspecified atom stereocenters. The second-order valence-corrected chi connectivity index (χ2v) is 5.85. The number of hydrogen-bond acceptors (Lipinski definition) is 4. The molecule has 1 aromatic carbocycles. The van der Waals surface area contributed by atoms with E-state index in [1.54, 1.807) is 7.05 Å². The van der Waals surface area contributed by atoms with E-state index in [4.69, 9.17) is 11.6 Å². The van der Waals surface area contributed by atoms with Crippen LogP contribution in [-0.2, 0) is 13.6 Å². The van der Waals surface area contributed by atoms with Crippen LogP contribution < -0.4 is 11.0 Å². The van der Waals surface area contributed by atoms with Gasteiger partial charge >= 0.3 is 5.69 Å². The highest BCUT2D eigenvalue weighted by atomic mass is 35.5.